The van der Waals surface area contributed by atoms with E-state index in [1.165, 1.54) is 6.42 Å². The molecule has 2 aliphatic heterocycles. The molecule has 142 valence electrons. The normalized spacial score (nSPS) is 15.0. The van der Waals surface area contributed by atoms with E-state index in [0.29, 0.717) is 11.6 Å². The Kier molecular flexibility index (Phi) is 6.08. The number of nitrogens with zero attached hydrogens (tertiary/aromatic N) is 4. The van der Waals surface area contributed by atoms with Gasteiger partial charge in [0.15, 0.2) is 0 Å². The van der Waals surface area contributed by atoms with Crippen molar-refractivity contribution in [2.24, 2.45) is 0 Å². The topological polar surface area (TPSA) is 104 Å². The molecule has 0 radical (unpaired) electrons. The SMILES string of the molecule is Nc1cccc(N2CCC2)n1.O=C(Cl)C(=O)Nc1cccc(N2CCC2)n1. The van der Waals surface area contributed by atoms with Crippen LogP contribution in [0.1, 0.15) is 12.8 Å². The molecule has 2 fully saturated rings. The number of carbonyl (C=O) groups excluding carboxylic acids is 2. The Morgan fingerprint density at radius 1 is 0.926 bits per heavy atom. The van der Waals surface area contributed by atoms with Gasteiger partial charge in [0.1, 0.15) is 23.3 Å². The second kappa shape index (κ2) is 8.68. The van der Waals surface area contributed by atoms with Gasteiger partial charge in [0, 0.05) is 26.2 Å². The molecular formula is C18H21ClN6O2. The summed E-state index contributed by atoms with van der Waals surface area (Å²) in [5.74, 6) is 1.88. The van der Waals surface area contributed by atoms with Crippen molar-refractivity contribution in [3.63, 3.8) is 0 Å². The van der Waals surface area contributed by atoms with Crippen LogP contribution < -0.4 is 20.9 Å². The van der Waals surface area contributed by atoms with Crippen LogP contribution in [0.3, 0.4) is 0 Å². The molecular weight excluding hydrogens is 368 g/mol. The number of aromatic nitrogens is 2. The Morgan fingerprint density at radius 3 is 1.96 bits per heavy atom. The standard InChI is InChI=1S/C10H10ClN3O2.C8H11N3/c11-9(15)10(16)13-7-3-1-4-8(12-7)14-5-2-6-14;9-7-3-1-4-8(10-7)11-5-2-6-11/h1,3-4H,2,5-6H2,(H,12,13,16);1,3-4H,2,5-6H2,(H2,9,10). The fourth-order valence-corrected chi connectivity index (χ4v) is 2.59. The van der Waals surface area contributed by atoms with E-state index in [9.17, 15) is 9.59 Å². The van der Waals surface area contributed by atoms with Gasteiger partial charge in [-0.05, 0) is 48.7 Å². The molecule has 0 aromatic carbocycles. The molecule has 2 aliphatic rings. The summed E-state index contributed by atoms with van der Waals surface area (Å²) in [7, 11) is 0. The average Bonchev–Trinajstić information content (AvgIpc) is 2.52. The summed E-state index contributed by atoms with van der Waals surface area (Å²) in [5.41, 5.74) is 5.54. The predicted octanol–water partition coefficient (Wildman–Crippen LogP) is 1.87. The lowest BCUT2D eigenvalue weighted by Crippen LogP contribution is -2.37. The summed E-state index contributed by atoms with van der Waals surface area (Å²) in [6.07, 6.45) is 2.43. The van der Waals surface area contributed by atoms with Gasteiger partial charge in [0.2, 0.25) is 0 Å². The van der Waals surface area contributed by atoms with Crippen LogP contribution in [0.4, 0.5) is 23.3 Å². The third kappa shape index (κ3) is 5.07. The van der Waals surface area contributed by atoms with Gasteiger partial charge in [0.25, 0.3) is 0 Å². The minimum Gasteiger partial charge on any atom is -0.384 e. The first-order chi connectivity index (χ1) is 13.0. The Morgan fingerprint density at radius 2 is 1.48 bits per heavy atom. The summed E-state index contributed by atoms with van der Waals surface area (Å²) in [6, 6.07) is 11.0. The summed E-state index contributed by atoms with van der Waals surface area (Å²) >= 11 is 5.03. The molecule has 4 heterocycles. The van der Waals surface area contributed by atoms with Crippen LogP contribution >= 0.6 is 11.6 Å². The van der Waals surface area contributed by atoms with Crippen LogP contribution in [0.5, 0.6) is 0 Å². The van der Waals surface area contributed by atoms with Gasteiger partial charge in [-0.15, -0.1) is 0 Å². The van der Waals surface area contributed by atoms with Crippen LogP contribution in [0.2, 0.25) is 0 Å². The molecule has 4 rings (SSSR count). The van der Waals surface area contributed by atoms with E-state index in [1.807, 2.05) is 24.3 Å². The monoisotopic (exact) mass is 388 g/mol. The molecule has 0 spiro atoms. The number of hydrogen-bond acceptors (Lipinski definition) is 7. The van der Waals surface area contributed by atoms with Crippen molar-refractivity contribution in [2.75, 3.05) is 47.0 Å². The minimum atomic E-state index is -1.05. The Balaban J connectivity index is 0.000000166. The Hall–Kier alpha value is -2.87. The lowest BCUT2D eigenvalue weighted by Gasteiger charge is -2.32. The largest absolute Gasteiger partial charge is 0.384 e. The van der Waals surface area contributed by atoms with E-state index < -0.39 is 11.1 Å². The predicted molar refractivity (Wildman–Crippen MR) is 106 cm³/mol. The number of carbonyl (C=O) groups is 2. The quantitative estimate of drug-likeness (QED) is 0.608. The first kappa shape index (κ1) is 18.9. The Labute approximate surface area is 162 Å². The number of pyridine rings is 2. The molecule has 0 unspecified atom stereocenters. The maximum absolute atomic E-state index is 11.0. The minimum absolute atomic E-state index is 0.336. The number of nitrogen functional groups attached to an aromatic ring is 1. The zero-order chi connectivity index (χ0) is 19.2. The number of halogens is 1. The van der Waals surface area contributed by atoms with E-state index in [0.717, 1.165) is 44.2 Å². The first-order valence-corrected chi connectivity index (χ1v) is 9.11. The van der Waals surface area contributed by atoms with Gasteiger partial charge in [-0.3, -0.25) is 9.59 Å². The summed E-state index contributed by atoms with van der Waals surface area (Å²) in [4.78, 5) is 34.3. The highest BCUT2D eigenvalue weighted by Gasteiger charge is 2.17. The van der Waals surface area contributed by atoms with Gasteiger partial charge >= 0.3 is 11.1 Å². The van der Waals surface area contributed by atoms with E-state index in [4.69, 9.17) is 17.3 Å². The second-order valence-corrected chi connectivity index (χ2v) is 6.55. The van der Waals surface area contributed by atoms with Gasteiger partial charge in [-0.2, -0.15) is 0 Å². The fourth-order valence-electron chi connectivity index (χ4n) is 2.54. The molecule has 0 saturated carbocycles. The summed E-state index contributed by atoms with van der Waals surface area (Å²) in [6.45, 7) is 4.19. The average molecular weight is 389 g/mol. The zero-order valence-corrected chi connectivity index (χ0v) is 15.5. The molecule has 2 saturated heterocycles. The molecule has 0 atom stereocenters. The highest BCUT2D eigenvalue weighted by atomic mass is 35.5. The molecule has 3 N–H and O–H groups in total. The lowest BCUT2D eigenvalue weighted by molar-refractivity contribution is -0.130. The van der Waals surface area contributed by atoms with Crippen LogP contribution in [0.25, 0.3) is 0 Å². The third-order valence-corrected chi connectivity index (χ3v) is 4.44. The first-order valence-electron chi connectivity index (χ1n) is 8.73. The molecule has 1 amide bonds. The van der Waals surface area contributed by atoms with Crippen molar-refractivity contribution in [3.8, 4) is 0 Å². The second-order valence-electron chi connectivity index (χ2n) is 6.21. The van der Waals surface area contributed by atoms with Crippen LogP contribution in [-0.4, -0.2) is 47.3 Å². The maximum atomic E-state index is 11.0. The highest BCUT2D eigenvalue weighted by Crippen LogP contribution is 2.19. The summed E-state index contributed by atoms with van der Waals surface area (Å²) in [5, 5.41) is 1.28. The van der Waals surface area contributed by atoms with Crippen LogP contribution in [-0.2, 0) is 9.59 Å². The van der Waals surface area contributed by atoms with Crippen LogP contribution in [0.15, 0.2) is 36.4 Å². The molecule has 0 aliphatic carbocycles. The van der Waals surface area contributed by atoms with Gasteiger partial charge in [0.05, 0.1) is 0 Å². The van der Waals surface area contributed by atoms with Crippen LogP contribution in [0, 0.1) is 0 Å². The number of nitrogens with two attached hydrogens (primary N) is 1. The van der Waals surface area contributed by atoms with Crippen molar-refractivity contribution in [3.05, 3.63) is 36.4 Å². The van der Waals surface area contributed by atoms with E-state index >= 15 is 0 Å². The molecule has 27 heavy (non-hydrogen) atoms. The number of anilines is 4. The molecule has 9 heteroatoms. The maximum Gasteiger partial charge on any atom is 0.310 e. The van der Waals surface area contributed by atoms with Crippen molar-refractivity contribution < 1.29 is 9.59 Å². The molecule has 0 bridgehead atoms. The number of nitrogens with one attached hydrogen (secondary N) is 1. The van der Waals surface area contributed by atoms with E-state index in [2.05, 4.69) is 25.1 Å². The lowest BCUT2D eigenvalue weighted by atomic mass is 10.2. The Bertz CT molecular complexity index is 823. The molecule has 2 aromatic rings. The van der Waals surface area contributed by atoms with Crippen molar-refractivity contribution in [1.82, 2.24) is 9.97 Å². The zero-order valence-electron chi connectivity index (χ0n) is 14.8. The number of rotatable bonds is 4. The van der Waals surface area contributed by atoms with E-state index in [-0.39, 0.29) is 0 Å². The van der Waals surface area contributed by atoms with Gasteiger partial charge < -0.3 is 20.9 Å². The van der Waals surface area contributed by atoms with Crippen molar-refractivity contribution in [2.45, 2.75) is 12.8 Å². The number of amides is 1. The molecule has 2 aromatic heterocycles. The van der Waals surface area contributed by atoms with Gasteiger partial charge in [-0.1, -0.05) is 12.1 Å². The van der Waals surface area contributed by atoms with E-state index in [1.54, 1.807) is 12.1 Å². The number of hydrogen-bond donors (Lipinski definition) is 2. The molecule has 8 nitrogen and oxygen atoms in total. The van der Waals surface area contributed by atoms with Crippen molar-refractivity contribution >= 4 is 46.0 Å². The fraction of sp³-hybridized carbons (Fsp3) is 0.333. The third-order valence-electron chi connectivity index (χ3n) is 4.27. The smallest absolute Gasteiger partial charge is 0.310 e. The van der Waals surface area contributed by atoms with Crippen molar-refractivity contribution in [1.29, 1.82) is 0 Å². The van der Waals surface area contributed by atoms with Gasteiger partial charge in [-0.25, -0.2) is 9.97 Å². The summed E-state index contributed by atoms with van der Waals surface area (Å²) < 4.78 is 0. The highest BCUT2D eigenvalue weighted by molar-refractivity contribution is 6.82.